The summed E-state index contributed by atoms with van der Waals surface area (Å²) in [7, 11) is 1.29. The second-order valence-corrected chi connectivity index (χ2v) is 8.16. The number of nitrogens with one attached hydrogen (secondary N) is 1. The molecule has 0 fully saturated rings. The van der Waals surface area contributed by atoms with Gasteiger partial charge in [0.1, 0.15) is 9.34 Å². The van der Waals surface area contributed by atoms with Gasteiger partial charge >= 0.3 is 0 Å². The fourth-order valence-electron chi connectivity index (χ4n) is 3.39. The maximum Gasteiger partial charge on any atom is 0.275 e. The molecule has 1 atom stereocenters. The molecule has 2 aromatic carbocycles. The minimum absolute atomic E-state index is 0.0940. The molecule has 0 aliphatic carbocycles. The van der Waals surface area contributed by atoms with E-state index in [9.17, 15) is 14.0 Å². The monoisotopic (exact) mass is 433 g/mol. The largest absolute Gasteiger partial charge is 0.493 e. The van der Waals surface area contributed by atoms with E-state index in [2.05, 4.69) is 5.32 Å². The Morgan fingerprint density at radius 2 is 1.79 bits per heavy atom. The number of thiophene rings is 1. The third-order valence-corrected chi connectivity index (χ3v) is 6.19. The summed E-state index contributed by atoms with van der Waals surface area (Å²) < 4.78 is 35.8. The van der Waals surface area contributed by atoms with Crippen LogP contribution < -0.4 is 10.1 Å². The number of ketones is 1. The van der Waals surface area contributed by atoms with E-state index in [0.29, 0.717) is 5.56 Å². The average molecular weight is 434 g/mol. The van der Waals surface area contributed by atoms with E-state index in [-0.39, 0.29) is 37.3 Å². The minimum Gasteiger partial charge on any atom is -0.493 e. The second-order valence-electron chi connectivity index (χ2n) is 6.54. The predicted molar refractivity (Wildman–Crippen MR) is 108 cm³/mol. The fourth-order valence-corrected chi connectivity index (χ4v) is 4.76. The summed E-state index contributed by atoms with van der Waals surface area (Å²) in [4.78, 5) is 25.8. The lowest BCUT2D eigenvalue weighted by atomic mass is 9.83. The van der Waals surface area contributed by atoms with Crippen LogP contribution in [-0.4, -0.2) is 18.8 Å². The molecule has 0 spiro atoms. The molecular formula is C21H14ClF2NO3S. The van der Waals surface area contributed by atoms with Crippen molar-refractivity contribution in [3.8, 4) is 16.9 Å². The smallest absolute Gasteiger partial charge is 0.275 e. The van der Waals surface area contributed by atoms with Crippen LogP contribution in [0.5, 0.6) is 5.75 Å². The Morgan fingerprint density at radius 1 is 1.10 bits per heavy atom. The van der Waals surface area contributed by atoms with Crippen molar-refractivity contribution in [3.63, 3.8) is 0 Å². The minimum atomic E-state index is -2.93. The van der Waals surface area contributed by atoms with Gasteiger partial charge in [-0.25, -0.2) is 8.78 Å². The molecular weight excluding hydrogens is 420 g/mol. The number of hydrogen-bond acceptors (Lipinski definition) is 4. The van der Waals surface area contributed by atoms with Crippen LogP contribution in [0.4, 0.5) is 13.8 Å². The van der Waals surface area contributed by atoms with Crippen LogP contribution in [0.25, 0.3) is 11.1 Å². The first-order valence-corrected chi connectivity index (χ1v) is 9.76. The van der Waals surface area contributed by atoms with Gasteiger partial charge in [0, 0.05) is 16.7 Å². The maximum absolute atomic E-state index is 15.9. The number of amides is 1. The molecule has 0 bridgehead atoms. The Balaban J connectivity index is 1.98. The van der Waals surface area contributed by atoms with Crippen molar-refractivity contribution in [2.45, 2.75) is 12.6 Å². The van der Waals surface area contributed by atoms with Crippen LogP contribution in [0.1, 0.15) is 21.5 Å². The van der Waals surface area contributed by atoms with Crippen molar-refractivity contribution in [1.29, 1.82) is 0 Å². The first-order valence-electron chi connectivity index (χ1n) is 8.57. The summed E-state index contributed by atoms with van der Waals surface area (Å²) in [5.41, 5.74) is -2.45. The predicted octanol–water partition coefficient (Wildman–Crippen LogP) is 5.52. The molecule has 29 heavy (non-hydrogen) atoms. The van der Waals surface area contributed by atoms with Gasteiger partial charge in [0.15, 0.2) is 11.6 Å². The Labute approximate surface area is 174 Å². The van der Waals surface area contributed by atoms with Crippen molar-refractivity contribution < 1.29 is 23.1 Å². The van der Waals surface area contributed by atoms with E-state index in [1.165, 1.54) is 37.4 Å². The van der Waals surface area contributed by atoms with Crippen molar-refractivity contribution >= 4 is 39.6 Å². The third-order valence-electron chi connectivity index (χ3n) is 4.88. The zero-order valence-corrected chi connectivity index (χ0v) is 16.9. The number of ether oxygens (including phenoxy) is 1. The fraction of sp³-hybridized carbons (Fsp3) is 0.143. The molecule has 0 saturated carbocycles. The summed E-state index contributed by atoms with van der Waals surface area (Å²) in [6, 6.07) is 10.5. The number of fused-ring (bicyclic) bond motifs is 1. The lowest BCUT2D eigenvalue weighted by Crippen LogP contribution is -2.47. The van der Waals surface area contributed by atoms with Crippen LogP contribution in [-0.2, 0) is 10.5 Å². The van der Waals surface area contributed by atoms with E-state index in [1.54, 1.807) is 19.1 Å². The molecule has 1 aromatic heterocycles. The Bertz CT molecular complexity index is 1160. The van der Waals surface area contributed by atoms with Crippen LogP contribution in [0.15, 0.2) is 42.5 Å². The molecule has 1 amide bonds. The number of aryl methyl sites for hydroxylation is 1. The van der Waals surface area contributed by atoms with Gasteiger partial charge in [0.05, 0.1) is 12.7 Å². The van der Waals surface area contributed by atoms with Gasteiger partial charge in [-0.1, -0.05) is 54.1 Å². The van der Waals surface area contributed by atoms with Crippen molar-refractivity contribution in [2.75, 3.05) is 12.4 Å². The van der Waals surface area contributed by atoms with E-state index >= 15 is 4.39 Å². The van der Waals surface area contributed by atoms with Crippen LogP contribution in [0, 0.1) is 12.7 Å². The normalized spacial score (nSPS) is 18.4. The van der Waals surface area contributed by atoms with Crippen molar-refractivity contribution in [1.82, 2.24) is 0 Å². The van der Waals surface area contributed by atoms with Crippen LogP contribution in [0.2, 0.25) is 4.34 Å². The number of halogens is 3. The summed E-state index contributed by atoms with van der Waals surface area (Å²) in [5.74, 6) is -2.86. The SMILES string of the molecule is COc1c(-c2c(Cl)sc3c2C(=O)C(F)(c2ccccc2)C(=O)N3)ccc(C)c1F. The van der Waals surface area contributed by atoms with E-state index in [0.717, 1.165) is 11.3 Å². The van der Waals surface area contributed by atoms with Gasteiger partial charge in [-0.2, -0.15) is 0 Å². The molecule has 0 saturated heterocycles. The topological polar surface area (TPSA) is 55.4 Å². The Kier molecular flexibility index (Phi) is 4.67. The Morgan fingerprint density at radius 3 is 2.45 bits per heavy atom. The maximum atomic E-state index is 15.9. The van der Waals surface area contributed by atoms with Gasteiger partial charge < -0.3 is 10.1 Å². The number of hydrogen-bond donors (Lipinski definition) is 1. The molecule has 8 heteroatoms. The molecule has 1 aliphatic heterocycles. The highest BCUT2D eigenvalue weighted by Gasteiger charge is 2.54. The second kappa shape index (κ2) is 6.93. The van der Waals surface area contributed by atoms with Gasteiger partial charge in [0.2, 0.25) is 5.78 Å². The lowest BCUT2D eigenvalue weighted by Gasteiger charge is -2.28. The van der Waals surface area contributed by atoms with Gasteiger partial charge in [0.25, 0.3) is 11.6 Å². The standard InChI is InChI=1S/C21H14ClF2NO3S/c1-10-8-9-12(16(28-2)15(10)23)13-14-17(26)21(24,11-6-4-3-5-7-11)20(27)25-19(14)29-18(13)22/h3-9H,1-2H3,(H,25,27). The van der Waals surface area contributed by atoms with Crippen LogP contribution >= 0.6 is 22.9 Å². The first-order chi connectivity index (χ1) is 13.8. The summed E-state index contributed by atoms with van der Waals surface area (Å²) in [6.07, 6.45) is 0. The van der Waals surface area contributed by atoms with Crippen molar-refractivity contribution in [3.05, 3.63) is 69.3 Å². The molecule has 1 aliphatic rings. The molecule has 148 valence electrons. The molecule has 2 heterocycles. The number of benzene rings is 2. The molecule has 1 unspecified atom stereocenters. The molecule has 4 rings (SSSR count). The number of anilines is 1. The number of carbonyl (C=O) groups is 2. The zero-order chi connectivity index (χ0) is 20.9. The highest BCUT2D eigenvalue weighted by atomic mass is 35.5. The number of carbonyl (C=O) groups excluding carboxylic acids is 2. The molecule has 0 radical (unpaired) electrons. The number of rotatable bonds is 3. The van der Waals surface area contributed by atoms with Gasteiger partial charge in [-0.15, -0.1) is 11.3 Å². The van der Waals surface area contributed by atoms with E-state index < -0.39 is 23.2 Å². The summed E-state index contributed by atoms with van der Waals surface area (Å²) in [5, 5.41) is 2.56. The quantitative estimate of drug-likeness (QED) is 0.553. The van der Waals surface area contributed by atoms with E-state index in [1.807, 2.05) is 0 Å². The first kappa shape index (κ1) is 19.5. The zero-order valence-electron chi connectivity index (χ0n) is 15.3. The highest BCUT2D eigenvalue weighted by Crippen LogP contribution is 2.51. The lowest BCUT2D eigenvalue weighted by molar-refractivity contribution is -0.125. The summed E-state index contributed by atoms with van der Waals surface area (Å²) >= 11 is 7.27. The average Bonchev–Trinajstić information content (AvgIpc) is 3.04. The van der Waals surface area contributed by atoms with Crippen molar-refractivity contribution in [2.24, 2.45) is 0 Å². The van der Waals surface area contributed by atoms with Gasteiger partial charge in [-0.05, 0) is 12.5 Å². The Hall–Kier alpha value is -2.77. The number of alkyl halides is 1. The number of Topliss-reactive ketones (excluding diaryl/α,β-unsaturated/α-hetero) is 1. The molecule has 3 aromatic rings. The highest BCUT2D eigenvalue weighted by molar-refractivity contribution is 7.21. The number of methoxy groups -OCH3 is 1. The van der Waals surface area contributed by atoms with E-state index in [4.69, 9.17) is 16.3 Å². The molecule has 4 nitrogen and oxygen atoms in total. The van der Waals surface area contributed by atoms with Crippen LogP contribution in [0.3, 0.4) is 0 Å². The molecule has 1 N–H and O–H groups in total. The van der Waals surface area contributed by atoms with Gasteiger partial charge in [-0.3, -0.25) is 9.59 Å². The summed E-state index contributed by atoms with van der Waals surface area (Å²) in [6.45, 7) is 1.57. The third kappa shape index (κ3) is 2.76.